The standard InChI is InChI=1S/C8H11N.ClH/c1-2-4-8-5-3-6-9-7-8;/h3-6H,2,7H2,1H3;1H. The summed E-state index contributed by atoms with van der Waals surface area (Å²) in [6.07, 6.45) is 9.50. The number of hydrogen-bond donors (Lipinski definition) is 1. The van der Waals surface area contributed by atoms with Gasteiger partial charge in [-0.05, 0) is 12.5 Å². The number of hydrogen-bond acceptors (Lipinski definition) is 0. The average Bonchev–Trinajstić information content (AvgIpc) is 1.91. The first-order valence-electron chi connectivity index (χ1n) is 3.36. The molecule has 1 N–H and O–H groups in total. The van der Waals surface area contributed by atoms with E-state index in [9.17, 15) is 0 Å². The third-order valence-corrected chi connectivity index (χ3v) is 1.30. The predicted molar refractivity (Wildman–Crippen MR) is 39.4 cm³/mol. The molecule has 1 aliphatic heterocycles. The topological polar surface area (TPSA) is 14.0 Å². The molecule has 10 heavy (non-hydrogen) atoms. The van der Waals surface area contributed by atoms with Crippen molar-refractivity contribution in [3.8, 4) is 0 Å². The largest absolute Gasteiger partial charge is 1.00 e. The highest BCUT2D eigenvalue weighted by Gasteiger charge is 1.95. The van der Waals surface area contributed by atoms with E-state index < -0.39 is 0 Å². The van der Waals surface area contributed by atoms with Crippen molar-refractivity contribution < 1.29 is 17.4 Å². The van der Waals surface area contributed by atoms with Gasteiger partial charge in [0.25, 0.3) is 0 Å². The Labute approximate surface area is 68.0 Å². The van der Waals surface area contributed by atoms with E-state index in [0.29, 0.717) is 0 Å². The van der Waals surface area contributed by atoms with Crippen LogP contribution in [0.3, 0.4) is 0 Å². The van der Waals surface area contributed by atoms with Crippen molar-refractivity contribution in [1.82, 2.24) is 0 Å². The van der Waals surface area contributed by atoms with Crippen LogP contribution < -0.4 is 17.4 Å². The molecule has 0 atom stereocenters. The van der Waals surface area contributed by atoms with Gasteiger partial charge in [0.2, 0.25) is 0 Å². The number of halogens is 1. The maximum Gasteiger partial charge on any atom is 0.165 e. The van der Waals surface area contributed by atoms with Crippen LogP contribution in [-0.2, 0) is 0 Å². The first kappa shape index (κ1) is 9.44. The fraction of sp³-hybridized carbons (Fsp3) is 0.375. The molecule has 1 heterocycles. The number of nitrogens with one attached hydrogen (secondary N) is 1. The van der Waals surface area contributed by atoms with Crippen LogP contribution in [0.25, 0.3) is 0 Å². The fourth-order valence-electron chi connectivity index (χ4n) is 0.878. The monoisotopic (exact) mass is 157 g/mol. The highest BCUT2D eigenvalue weighted by Crippen LogP contribution is 1.95. The lowest BCUT2D eigenvalue weighted by molar-refractivity contribution is -0.441. The Bertz CT molecular complexity index is 168. The van der Waals surface area contributed by atoms with Crippen molar-refractivity contribution in [3.63, 3.8) is 0 Å². The quantitative estimate of drug-likeness (QED) is 0.419. The zero-order valence-corrected chi connectivity index (χ0v) is 6.86. The van der Waals surface area contributed by atoms with Gasteiger partial charge >= 0.3 is 0 Å². The summed E-state index contributed by atoms with van der Waals surface area (Å²) in [5.74, 6) is 0. The summed E-state index contributed by atoms with van der Waals surface area (Å²) < 4.78 is 0. The summed E-state index contributed by atoms with van der Waals surface area (Å²) >= 11 is 0. The van der Waals surface area contributed by atoms with E-state index >= 15 is 0 Å². The van der Waals surface area contributed by atoms with Crippen LogP contribution in [0.1, 0.15) is 13.3 Å². The van der Waals surface area contributed by atoms with E-state index in [4.69, 9.17) is 0 Å². The lowest BCUT2D eigenvalue weighted by atomic mass is 10.2. The van der Waals surface area contributed by atoms with Crippen LogP contribution in [-0.4, -0.2) is 12.8 Å². The van der Waals surface area contributed by atoms with Gasteiger partial charge in [0.15, 0.2) is 12.8 Å². The van der Waals surface area contributed by atoms with Gasteiger partial charge in [-0.15, -0.1) is 0 Å². The molecule has 0 bridgehead atoms. The Hall–Kier alpha value is -0.560. The highest BCUT2D eigenvalue weighted by atomic mass is 35.5. The summed E-state index contributed by atoms with van der Waals surface area (Å²) in [4.78, 5) is 3.14. The summed E-state index contributed by atoms with van der Waals surface area (Å²) in [6, 6.07) is 0. The molecule has 0 amide bonds. The van der Waals surface area contributed by atoms with Gasteiger partial charge in [0.05, 0.1) is 0 Å². The molecule has 1 nitrogen and oxygen atoms in total. The molecule has 0 spiro atoms. The van der Waals surface area contributed by atoms with Crippen LogP contribution in [0.5, 0.6) is 0 Å². The van der Waals surface area contributed by atoms with Gasteiger partial charge in [-0.2, -0.15) is 0 Å². The molecule has 0 fully saturated rings. The molecule has 0 aromatic heterocycles. The molecule has 0 aromatic carbocycles. The van der Waals surface area contributed by atoms with Crippen LogP contribution >= 0.6 is 0 Å². The van der Waals surface area contributed by atoms with Crippen molar-refractivity contribution in [3.05, 3.63) is 23.8 Å². The minimum absolute atomic E-state index is 0. The highest BCUT2D eigenvalue weighted by molar-refractivity contribution is 5.67. The van der Waals surface area contributed by atoms with E-state index in [1.54, 1.807) is 0 Å². The van der Waals surface area contributed by atoms with Crippen molar-refractivity contribution in [2.24, 2.45) is 0 Å². The van der Waals surface area contributed by atoms with Crippen molar-refractivity contribution >= 4 is 6.21 Å². The van der Waals surface area contributed by atoms with E-state index in [1.807, 2.05) is 12.3 Å². The van der Waals surface area contributed by atoms with Gasteiger partial charge in [-0.1, -0.05) is 13.0 Å². The molecule has 0 saturated carbocycles. The summed E-state index contributed by atoms with van der Waals surface area (Å²) in [5.41, 5.74) is 1.39. The van der Waals surface area contributed by atoms with E-state index in [2.05, 4.69) is 24.1 Å². The van der Waals surface area contributed by atoms with E-state index in [-0.39, 0.29) is 12.4 Å². The van der Waals surface area contributed by atoms with Crippen LogP contribution in [0, 0.1) is 0 Å². The van der Waals surface area contributed by atoms with E-state index in [0.717, 1.165) is 13.0 Å². The Morgan fingerprint density at radius 3 is 3.00 bits per heavy atom. The molecule has 0 aliphatic carbocycles. The van der Waals surface area contributed by atoms with Crippen molar-refractivity contribution in [2.75, 3.05) is 6.54 Å². The molecule has 1 aliphatic rings. The fourth-order valence-corrected chi connectivity index (χ4v) is 0.878. The number of rotatable bonds is 1. The second kappa shape index (κ2) is 5.24. The lowest BCUT2D eigenvalue weighted by Gasteiger charge is -1.93. The smallest absolute Gasteiger partial charge is 0.165 e. The van der Waals surface area contributed by atoms with Crippen molar-refractivity contribution in [2.45, 2.75) is 13.3 Å². The lowest BCUT2D eigenvalue weighted by Crippen LogP contribution is -3.00. The molecule has 56 valence electrons. The minimum atomic E-state index is 0. The van der Waals surface area contributed by atoms with Crippen LogP contribution in [0.4, 0.5) is 0 Å². The second-order valence-electron chi connectivity index (χ2n) is 2.09. The summed E-state index contributed by atoms with van der Waals surface area (Å²) in [6.45, 7) is 3.14. The maximum atomic E-state index is 3.14. The normalized spacial score (nSPS) is 19.1. The SMILES string of the molecule is CCC=C1C=CC=[NH+]C1.[Cl-]. The third kappa shape index (κ3) is 2.83. The van der Waals surface area contributed by atoms with Gasteiger partial charge in [-0.3, -0.25) is 0 Å². The predicted octanol–water partition coefficient (Wildman–Crippen LogP) is -2.95. The summed E-state index contributed by atoms with van der Waals surface area (Å²) in [7, 11) is 0. The van der Waals surface area contributed by atoms with Crippen LogP contribution in [0.2, 0.25) is 0 Å². The molecule has 2 heteroatoms. The Kier molecular flexibility index (Phi) is 4.95. The van der Waals surface area contributed by atoms with Gasteiger partial charge in [0, 0.05) is 11.6 Å². The van der Waals surface area contributed by atoms with Crippen LogP contribution in [0.15, 0.2) is 23.8 Å². The molecule has 1 rings (SSSR count). The first-order chi connectivity index (χ1) is 4.43. The van der Waals surface area contributed by atoms with Gasteiger partial charge in [-0.25, -0.2) is 4.99 Å². The average molecular weight is 158 g/mol. The van der Waals surface area contributed by atoms with Crippen molar-refractivity contribution in [1.29, 1.82) is 0 Å². The molecular formula is C8H12ClN. The van der Waals surface area contributed by atoms with Gasteiger partial charge in [0.1, 0.15) is 0 Å². The molecule has 0 radical (unpaired) electrons. The second-order valence-corrected chi connectivity index (χ2v) is 2.09. The Morgan fingerprint density at radius 1 is 1.70 bits per heavy atom. The minimum Gasteiger partial charge on any atom is -1.00 e. The Balaban J connectivity index is 0.000000810. The molecule has 0 aromatic rings. The third-order valence-electron chi connectivity index (χ3n) is 1.30. The molecular weight excluding hydrogens is 146 g/mol. The number of allylic oxidation sites excluding steroid dienone is 2. The first-order valence-corrected chi connectivity index (χ1v) is 3.36. The summed E-state index contributed by atoms with van der Waals surface area (Å²) in [5, 5.41) is 0. The molecule has 0 unspecified atom stereocenters. The Morgan fingerprint density at radius 2 is 2.50 bits per heavy atom. The van der Waals surface area contributed by atoms with E-state index in [1.165, 1.54) is 5.57 Å². The molecule has 0 saturated heterocycles. The maximum absolute atomic E-state index is 3.14. The zero-order chi connectivity index (χ0) is 6.53. The zero-order valence-electron chi connectivity index (χ0n) is 6.10. The van der Waals surface area contributed by atoms with Gasteiger partial charge < -0.3 is 12.4 Å².